The Hall–Kier alpha value is -2.68. The standard InChI is InChI=1S/C12H9NO5/c1-18-12(15)4-2-3-10-6-5-9(8-14)7-11(10)13(16)17/h5-8H,4H2,1H3. The van der Waals surface area contributed by atoms with E-state index < -0.39 is 10.9 Å². The second-order valence-electron chi connectivity index (χ2n) is 3.21. The molecule has 18 heavy (non-hydrogen) atoms. The van der Waals surface area contributed by atoms with Crippen LogP contribution in [0.3, 0.4) is 0 Å². The maximum Gasteiger partial charge on any atom is 0.317 e. The third-order valence-electron chi connectivity index (χ3n) is 2.04. The van der Waals surface area contributed by atoms with Crippen molar-refractivity contribution in [1.29, 1.82) is 0 Å². The van der Waals surface area contributed by atoms with E-state index >= 15 is 0 Å². The zero-order valence-electron chi connectivity index (χ0n) is 9.50. The van der Waals surface area contributed by atoms with E-state index in [9.17, 15) is 19.7 Å². The van der Waals surface area contributed by atoms with Crippen LogP contribution >= 0.6 is 0 Å². The Bertz CT molecular complexity index is 553. The number of nitrogens with zero attached hydrogens (tertiary/aromatic N) is 1. The predicted octanol–water partition coefficient (Wildman–Crippen LogP) is 1.32. The lowest BCUT2D eigenvalue weighted by molar-refractivity contribution is -0.385. The van der Waals surface area contributed by atoms with Gasteiger partial charge in [-0.3, -0.25) is 19.7 Å². The summed E-state index contributed by atoms with van der Waals surface area (Å²) in [5, 5.41) is 10.8. The maximum atomic E-state index is 10.8. The molecule has 6 nitrogen and oxygen atoms in total. The van der Waals surface area contributed by atoms with Crippen LogP contribution < -0.4 is 0 Å². The van der Waals surface area contributed by atoms with Gasteiger partial charge in [0.2, 0.25) is 0 Å². The summed E-state index contributed by atoms with van der Waals surface area (Å²) in [5.41, 5.74) is 0.0756. The zero-order chi connectivity index (χ0) is 13.5. The largest absolute Gasteiger partial charge is 0.468 e. The molecule has 0 radical (unpaired) electrons. The summed E-state index contributed by atoms with van der Waals surface area (Å²) in [4.78, 5) is 31.5. The molecule has 0 fully saturated rings. The Balaban J connectivity index is 3.05. The van der Waals surface area contributed by atoms with Crippen molar-refractivity contribution in [3.63, 3.8) is 0 Å². The second kappa shape index (κ2) is 6.15. The summed E-state index contributed by atoms with van der Waals surface area (Å²) >= 11 is 0. The Labute approximate surface area is 103 Å². The van der Waals surface area contributed by atoms with Crippen LogP contribution in [0, 0.1) is 22.0 Å². The molecule has 0 saturated heterocycles. The molecule has 1 aromatic carbocycles. The minimum atomic E-state index is -0.630. The fraction of sp³-hybridized carbons (Fsp3) is 0.167. The molecule has 0 N–H and O–H groups in total. The number of methoxy groups -OCH3 is 1. The topological polar surface area (TPSA) is 86.5 Å². The average molecular weight is 247 g/mol. The number of hydrogen-bond acceptors (Lipinski definition) is 5. The Morgan fingerprint density at radius 3 is 2.83 bits per heavy atom. The molecule has 0 aliphatic carbocycles. The smallest absolute Gasteiger partial charge is 0.317 e. The molecule has 0 saturated carbocycles. The van der Waals surface area contributed by atoms with Gasteiger partial charge in [0.25, 0.3) is 5.69 Å². The first-order valence-corrected chi connectivity index (χ1v) is 4.87. The maximum absolute atomic E-state index is 10.8. The molecule has 0 aliphatic rings. The molecule has 6 heteroatoms. The number of hydrogen-bond donors (Lipinski definition) is 0. The number of benzene rings is 1. The molecule has 1 aromatic rings. The molecule has 92 valence electrons. The molecular weight excluding hydrogens is 238 g/mol. The van der Waals surface area contributed by atoms with E-state index in [0.29, 0.717) is 6.29 Å². The van der Waals surface area contributed by atoms with Gasteiger partial charge in [0, 0.05) is 11.6 Å². The monoisotopic (exact) mass is 247 g/mol. The summed E-state index contributed by atoms with van der Waals surface area (Å²) in [5.74, 6) is 4.45. The lowest BCUT2D eigenvalue weighted by Crippen LogP contribution is -1.97. The van der Waals surface area contributed by atoms with E-state index in [1.54, 1.807) is 0 Å². The lowest BCUT2D eigenvalue weighted by Gasteiger charge is -1.96. The first kappa shape index (κ1) is 13.4. The highest BCUT2D eigenvalue weighted by atomic mass is 16.6. The highest BCUT2D eigenvalue weighted by Gasteiger charge is 2.12. The van der Waals surface area contributed by atoms with Gasteiger partial charge in [-0.05, 0) is 12.1 Å². The second-order valence-corrected chi connectivity index (χ2v) is 3.21. The highest BCUT2D eigenvalue weighted by molar-refractivity contribution is 5.77. The van der Waals surface area contributed by atoms with Crippen LogP contribution in [0.2, 0.25) is 0 Å². The van der Waals surface area contributed by atoms with Crippen molar-refractivity contribution in [3.8, 4) is 11.8 Å². The van der Waals surface area contributed by atoms with Crippen LogP contribution in [0.4, 0.5) is 5.69 Å². The van der Waals surface area contributed by atoms with Crippen molar-refractivity contribution in [3.05, 3.63) is 39.4 Å². The number of nitro benzene ring substituents is 1. The SMILES string of the molecule is COC(=O)CC#Cc1ccc(C=O)cc1[N+](=O)[O-]. The Morgan fingerprint density at radius 1 is 1.56 bits per heavy atom. The van der Waals surface area contributed by atoms with Crippen molar-refractivity contribution >= 4 is 17.9 Å². The van der Waals surface area contributed by atoms with Crippen LogP contribution in [0.1, 0.15) is 22.3 Å². The number of ether oxygens (including phenoxy) is 1. The van der Waals surface area contributed by atoms with Crippen LogP contribution in [-0.2, 0) is 9.53 Å². The van der Waals surface area contributed by atoms with E-state index in [0.717, 1.165) is 6.07 Å². The van der Waals surface area contributed by atoms with E-state index in [1.165, 1.54) is 19.2 Å². The van der Waals surface area contributed by atoms with Crippen LogP contribution in [-0.4, -0.2) is 24.3 Å². The first-order valence-electron chi connectivity index (χ1n) is 4.87. The van der Waals surface area contributed by atoms with Crippen molar-refractivity contribution in [2.24, 2.45) is 0 Å². The van der Waals surface area contributed by atoms with Gasteiger partial charge >= 0.3 is 5.97 Å². The van der Waals surface area contributed by atoms with E-state index in [1.807, 2.05) is 0 Å². The summed E-state index contributed by atoms with van der Waals surface area (Å²) < 4.78 is 4.38. The summed E-state index contributed by atoms with van der Waals surface area (Å²) in [7, 11) is 1.23. The predicted molar refractivity (Wildman–Crippen MR) is 62.0 cm³/mol. The fourth-order valence-electron chi connectivity index (χ4n) is 1.16. The van der Waals surface area contributed by atoms with Gasteiger partial charge in [-0.2, -0.15) is 0 Å². The number of esters is 1. The third-order valence-corrected chi connectivity index (χ3v) is 2.04. The van der Waals surface area contributed by atoms with Crippen molar-refractivity contribution < 1.29 is 19.2 Å². The van der Waals surface area contributed by atoms with E-state index in [-0.39, 0.29) is 23.2 Å². The van der Waals surface area contributed by atoms with Gasteiger partial charge in [0.15, 0.2) is 0 Å². The highest BCUT2D eigenvalue weighted by Crippen LogP contribution is 2.18. The lowest BCUT2D eigenvalue weighted by atomic mass is 10.1. The van der Waals surface area contributed by atoms with Crippen molar-refractivity contribution in [2.75, 3.05) is 7.11 Å². The first-order chi connectivity index (χ1) is 8.58. The molecule has 0 aliphatic heterocycles. The van der Waals surface area contributed by atoms with E-state index in [2.05, 4.69) is 16.6 Å². The zero-order valence-corrected chi connectivity index (χ0v) is 9.50. The normalized spacial score (nSPS) is 8.94. The number of aldehydes is 1. The molecule has 0 spiro atoms. The summed E-state index contributed by atoms with van der Waals surface area (Å²) in [6.07, 6.45) is 0.363. The summed E-state index contributed by atoms with van der Waals surface area (Å²) in [6, 6.07) is 3.92. The number of nitro groups is 1. The molecule has 0 bridgehead atoms. The van der Waals surface area contributed by atoms with Gasteiger partial charge in [-0.25, -0.2) is 0 Å². The van der Waals surface area contributed by atoms with Crippen molar-refractivity contribution in [2.45, 2.75) is 6.42 Å². The molecule has 0 unspecified atom stereocenters. The minimum absolute atomic E-state index is 0.148. The third kappa shape index (κ3) is 3.42. The molecule has 0 amide bonds. The molecule has 0 atom stereocenters. The van der Waals surface area contributed by atoms with Crippen LogP contribution in [0.5, 0.6) is 0 Å². The summed E-state index contributed by atoms with van der Waals surface area (Å²) in [6.45, 7) is 0. The number of rotatable bonds is 3. The van der Waals surface area contributed by atoms with Gasteiger partial charge in [-0.15, -0.1) is 0 Å². The quantitative estimate of drug-likeness (QED) is 0.264. The fourth-order valence-corrected chi connectivity index (χ4v) is 1.16. The van der Waals surface area contributed by atoms with Gasteiger partial charge in [0.1, 0.15) is 18.3 Å². The number of carbonyl (C=O) groups excluding carboxylic acids is 2. The molecule has 0 heterocycles. The van der Waals surface area contributed by atoms with Gasteiger partial charge in [0.05, 0.1) is 12.0 Å². The number of carbonyl (C=O) groups is 2. The molecular formula is C12H9NO5. The van der Waals surface area contributed by atoms with Gasteiger partial charge in [-0.1, -0.05) is 11.8 Å². The van der Waals surface area contributed by atoms with E-state index in [4.69, 9.17) is 0 Å². The van der Waals surface area contributed by atoms with Crippen LogP contribution in [0.25, 0.3) is 0 Å². The van der Waals surface area contributed by atoms with Gasteiger partial charge < -0.3 is 4.74 Å². The molecule has 1 rings (SSSR count). The average Bonchev–Trinajstić information content (AvgIpc) is 2.38. The van der Waals surface area contributed by atoms with Crippen LogP contribution in [0.15, 0.2) is 18.2 Å². The van der Waals surface area contributed by atoms with Crippen molar-refractivity contribution in [1.82, 2.24) is 0 Å². The molecule has 0 aromatic heterocycles. The minimum Gasteiger partial charge on any atom is -0.468 e. The Kier molecular flexibility index (Phi) is 4.58. The Morgan fingerprint density at radius 2 is 2.28 bits per heavy atom.